The van der Waals surface area contributed by atoms with Crippen molar-refractivity contribution >= 4 is 5.91 Å². The van der Waals surface area contributed by atoms with E-state index in [1.54, 1.807) is 33.1 Å². The molecule has 0 radical (unpaired) electrons. The topological polar surface area (TPSA) is 66.4 Å². The van der Waals surface area contributed by atoms with E-state index in [2.05, 4.69) is 109 Å². The first-order chi connectivity index (χ1) is 25.4. The van der Waals surface area contributed by atoms with E-state index < -0.39 is 14.7 Å². The van der Waals surface area contributed by atoms with Gasteiger partial charge in [-0.3, -0.25) is 4.79 Å². The van der Waals surface area contributed by atoms with E-state index in [0.29, 0.717) is 0 Å². The fourth-order valence-electron chi connectivity index (χ4n) is 6.96. The lowest BCUT2D eigenvalue weighted by atomic mass is 9.66. The molecule has 0 heterocycles. The highest BCUT2D eigenvalue weighted by molar-refractivity contribution is 5.81. The lowest BCUT2D eigenvalue weighted by Gasteiger charge is -2.40. The smallest absolute Gasteiger partial charge is 0.224 e. The van der Waals surface area contributed by atoms with Crippen LogP contribution in [0.15, 0.2) is 164 Å². The highest BCUT2D eigenvalue weighted by Gasteiger charge is 2.40. The molecule has 0 unspecified atom stereocenters. The molecule has 0 atom stereocenters. The third-order valence-electron chi connectivity index (χ3n) is 10.0. The Balaban J connectivity index is 1.52. The molecule has 6 heteroatoms. The summed E-state index contributed by atoms with van der Waals surface area (Å²) in [4.78, 5) is 16.6. The Morgan fingerprint density at radius 1 is 0.453 bits per heavy atom. The van der Waals surface area contributed by atoms with Crippen LogP contribution in [-0.2, 0) is 10.2 Å². The molecule has 270 valence electrons. The summed E-state index contributed by atoms with van der Waals surface area (Å²) in [5, 5.41) is 25.5. The summed E-state index contributed by atoms with van der Waals surface area (Å²) in [5.74, 6) is -0.113. The first-order valence-electron chi connectivity index (χ1n) is 18.2. The molecule has 0 aliphatic rings. The van der Waals surface area contributed by atoms with E-state index in [4.69, 9.17) is 0 Å². The number of carbonyl (C=O) groups excluding carboxylic acids is 1. The van der Waals surface area contributed by atoms with Gasteiger partial charge in [-0.05, 0) is 50.1 Å². The van der Waals surface area contributed by atoms with Crippen molar-refractivity contribution < 1.29 is 14.1 Å². The lowest BCUT2D eigenvalue weighted by Crippen LogP contribution is -2.48. The fourth-order valence-corrected chi connectivity index (χ4v) is 6.96. The Kier molecular flexibility index (Phi) is 11.4. The second-order valence-corrected chi connectivity index (χ2v) is 14.9. The van der Waals surface area contributed by atoms with Gasteiger partial charge in [0.05, 0.1) is 59.8 Å². The van der Waals surface area contributed by atoms with E-state index >= 15 is 0 Å². The van der Waals surface area contributed by atoms with Gasteiger partial charge in [-0.2, -0.15) is 0 Å². The monoisotopic (exact) mass is 703 g/mol. The van der Waals surface area contributed by atoms with Gasteiger partial charge in [-0.1, -0.05) is 164 Å². The van der Waals surface area contributed by atoms with E-state index in [1.165, 1.54) is 0 Å². The number of hydrogen-bond donors (Lipinski definition) is 0. The minimum Gasteiger partial charge on any atom is -0.633 e. The Bertz CT molecular complexity index is 1830. The van der Waals surface area contributed by atoms with Crippen LogP contribution in [0.1, 0.15) is 23.1 Å². The largest absolute Gasteiger partial charge is 0.633 e. The summed E-state index contributed by atoms with van der Waals surface area (Å²) in [6.07, 6.45) is 0.103. The molecule has 1 amide bonds. The maximum absolute atomic E-state index is 14.9. The molecule has 6 aromatic rings. The van der Waals surface area contributed by atoms with Gasteiger partial charge in [0.15, 0.2) is 0 Å². The molecular weight excluding hydrogens is 655 g/mol. The quantitative estimate of drug-likeness (QED) is 0.0645. The van der Waals surface area contributed by atoms with Crippen LogP contribution in [0.3, 0.4) is 0 Å². The summed E-state index contributed by atoms with van der Waals surface area (Å²) in [6.45, 7) is 0.930. The van der Waals surface area contributed by atoms with Gasteiger partial charge >= 0.3 is 0 Å². The SMILES string of the molecule is C[N+](C)([O-])CCN(CC[N+](C)(C)[O-])C(=O)CC(c1ccc(-c2ccccc2)cc1)(c1ccc(-c2ccccc2)cc1)c1ccc(-c2ccccc2)cc1. The van der Waals surface area contributed by atoms with Crippen LogP contribution >= 0.6 is 0 Å². The molecule has 0 N–H and O–H groups in total. The Hall–Kier alpha value is -5.37. The number of benzene rings is 6. The Labute approximate surface area is 314 Å². The van der Waals surface area contributed by atoms with Crippen molar-refractivity contribution in [3.05, 3.63) is 191 Å². The zero-order valence-corrected chi connectivity index (χ0v) is 31.2. The number of hydroxylamine groups is 6. The molecule has 0 fully saturated rings. The average Bonchev–Trinajstić information content (AvgIpc) is 3.17. The average molecular weight is 704 g/mol. The van der Waals surface area contributed by atoms with Gasteiger partial charge < -0.3 is 24.6 Å². The maximum atomic E-state index is 14.9. The molecule has 0 saturated heterocycles. The van der Waals surface area contributed by atoms with Gasteiger partial charge in [-0.25, -0.2) is 0 Å². The first-order valence-corrected chi connectivity index (χ1v) is 18.2. The number of hydrogen-bond acceptors (Lipinski definition) is 3. The highest BCUT2D eigenvalue weighted by atomic mass is 16.5. The third-order valence-corrected chi connectivity index (χ3v) is 10.0. The van der Waals surface area contributed by atoms with Crippen molar-refractivity contribution in [2.75, 3.05) is 54.4 Å². The number of nitrogens with zero attached hydrogens (tertiary/aromatic N) is 3. The molecule has 0 aliphatic carbocycles. The van der Waals surface area contributed by atoms with Crippen molar-refractivity contribution in [1.82, 2.24) is 4.90 Å². The van der Waals surface area contributed by atoms with Crippen LogP contribution in [0.4, 0.5) is 0 Å². The maximum Gasteiger partial charge on any atom is 0.224 e. The first kappa shape index (κ1) is 37.4. The molecule has 0 aromatic heterocycles. The molecule has 0 bridgehead atoms. The predicted octanol–water partition coefficient (Wildman–Crippen LogP) is 9.39. The molecule has 6 aromatic carbocycles. The fraction of sp³-hybridized carbons (Fsp3) is 0.213. The van der Waals surface area contributed by atoms with Crippen LogP contribution in [0.5, 0.6) is 0 Å². The minimum atomic E-state index is -0.904. The zero-order valence-electron chi connectivity index (χ0n) is 31.2. The third kappa shape index (κ3) is 9.36. The molecule has 6 rings (SSSR count). The standard InChI is InChI=1S/C47H49N3O3/c1-49(2,52)34-32-48(33-35-50(3,4)53)46(51)36-47(43-26-20-40(21-27-43)37-14-8-5-9-15-37,44-28-22-41(23-29-44)38-16-10-6-11-17-38)45-30-24-42(25-31-45)39-18-12-7-13-19-39/h5-31H,32-36H2,1-4H3. The Morgan fingerprint density at radius 3 is 0.981 bits per heavy atom. The molecule has 0 saturated carbocycles. The van der Waals surface area contributed by atoms with Crippen molar-refractivity contribution in [2.24, 2.45) is 0 Å². The van der Waals surface area contributed by atoms with Gasteiger partial charge in [0.25, 0.3) is 0 Å². The number of rotatable bonds is 14. The summed E-state index contributed by atoms with van der Waals surface area (Å²) in [5.41, 5.74) is 8.62. The molecule has 0 spiro atoms. The molecule has 6 nitrogen and oxygen atoms in total. The van der Waals surface area contributed by atoms with Crippen molar-refractivity contribution in [3.63, 3.8) is 0 Å². The van der Waals surface area contributed by atoms with Gasteiger partial charge in [0.1, 0.15) is 0 Å². The van der Waals surface area contributed by atoms with E-state index in [1.807, 2.05) is 54.6 Å². The van der Waals surface area contributed by atoms with Crippen molar-refractivity contribution in [2.45, 2.75) is 11.8 Å². The van der Waals surface area contributed by atoms with E-state index in [9.17, 15) is 15.2 Å². The lowest BCUT2D eigenvalue weighted by molar-refractivity contribution is -0.842. The molecule has 0 aliphatic heterocycles. The van der Waals surface area contributed by atoms with Gasteiger partial charge in [0.2, 0.25) is 5.91 Å². The predicted molar refractivity (Wildman–Crippen MR) is 217 cm³/mol. The highest BCUT2D eigenvalue weighted by Crippen LogP contribution is 2.44. The van der Waals surface area contributed by atoms with Crippen molar-refractivity contribution in [1.29, 1.82) is 0 Å². The number of likely N-dealkylation sites (N-methyl/N-ethyl adjacent to an activating group) is 2. The summed E-state index contributed by atoms with van der Waals surface area (Å²) >= 11 is 0. The second kappa shape index (κ2) is 16.1. The molecular formula is C47H49N3O3. The number of quaternary nitrogens is 2. The van der Waals surface area contributed by atoms with Gasteiger partial charge in [-0.15, -0.1) is 0 Å². The van der Waals surface area contributed by atoms with Crippen LogP contribution in [0.2, 0.25) is 0 Å². The zero-order chi connectivity index (χ0) is 37.5. The second-order valence-electron chi connectivity index (χ2n) is 14.9. The van der Waals surface area contributed by atoms with Crippen molar-refractivity contribution in [3.8, 4) is 33.4 Å². The van der Waals surface area contributed by atoms with E-state index in [0.717, 1.165) is 50.1 Å². The molecule has 53 heavy (non-hydrogen) atoms. The number of amides is 1. The van der Waals surface area contributed by atoms with Gasteiger partial charge in [0, 0.05) is 6.42 Å². The minimum absolute atomic E-state index is 0.103. The van der Waals surface area contributed by atoms with Crippen LogP contribution < -0.4 is 0 Å². The van der Waals surface area contributed by atoms with Crippen LogP contribution in [0.25, 0.3) is 33.4 Å². The number of carbonyl (C=O) groups is 1. The van der Waals surface area contributed by atoms with E-state index in [-0.39, 0.29) is 38.5 Å². The summed E-state index contributed by atoms with van der Waals surface area (Å²) in [7, 11) is 6.32. The summed E-state index contributed by atoms with van der Waals surface area (Å²) < 4.78 is -1.07. The summed E-state index contributed by atoms with van der Waals surface area (Å²) in [6, 6.07) is 56.5. The van der Waals surface area contributed by atoms with Crippen LogP contribution in [0, 0.1) is 10.4 Å². The Morgan fingerprint density at radius 2 is 0.717 bits per heavy atom. The van der Waals surface area contributed by atoms with Crippen LogP contribution in [-0.4, -0.2) is 74.5 Å². The normalized spacial score (nSPS) is 12.0.